The van der Waals surface area contributed by atoms with E-state index in [0.717, 1.165) is 17.7 Å². The van der Waals surface area contributed by atoms with Crippen LogP contribution in [0.25, 0.3) is 0 Å². The minimum atomic E-state index is 0.827. The highest BCUT2D eigenvalue weighted by molar-refractivity contribution is 5.46. The van der Waals surface area contributed by atoms with E-state index >= 15 is 0 Å². The minimum absolute atomic E-state index is 0.827. The zero-order valence-corrected chi connectivity index (χ0v) is 11.8. The van der Waals surface area contributed by atoms with Crippen molar-refractivity contribution in [3.8, 4) is 0 Å². The first kappa shape index (κ1) is 15.8. The van der Waals surface area contributed by atoms with Gasteiger partial charge in [-0.15, -0.1) is 0 Å². The van der Waals surface area contributed by atoms with Crippen molar-refractivity contribution in [2.75, 3.05) is 0 Å². The summed E-state index contributed by atoms with van der Waals surface area (Å²) in [4.78, 5) is 0. The molecule has 0 aliphatic carbocycles. The first-order chi connectivity index (χ1) is 8.02. The molecule has 0 amide bonds. The maximum atomic E-state index is 5.67. The second-order valence-corrected chi connectivity index (χ2v) is 4.54. The molecule has 0 heterocycles. The lowest BCUT2D eigenvalue weighted by molar-refractivity contribution is 0.716. The number of nitrogens with two attached hydrogens (primary N) is 1. The fourth-order valence-electron chi connectivity index (χ4n) is 1.74. The molecule has 0 saturated heterocycles. The molecule has 0 aliphatic heterocycles. The summed E-state index contributed by atoms with van der Waals surface area (Å²) in [5, 5.41) is 0. The van der Waals surface area contributed by atoms with Gasteiger partial charge in [-0.1, -0.05) is 44.1 Å². The van der Waals surface area contributed by atoms with E-state index in [-0.39, 0.29) is 0 Å². The molecule has 1 heteroatoms. The SMILES string of the molecule is C=C(C)C(=C\C=C(/C)N)/C(=C\C)CCCCC. The van der Waals surface area contributed by atoms with Gasteiger partial charge in [0.15, 0.2) is 0 Å². The van der Waals surface area contributed by atoms with Gasteiger partial charge in [-0.3, -0.25) is 0 Å². The molecule has 17 heavy (non-hydrogen) atoms. The van der Waals surface area contributed by atoms with Gasteiger partial charge in [0.05, 0.1) is 0 Å². The van der Waals surface area contributed by atoms with E-state index in [1.165, 1.54) is 30.4 Å². The third kappa shape index (κ3) is 6.83. The lowest BCUT2D eigenvalue weighted by atomic mass is 9.94. The van der Waals surface area contributed by atoms with Crippen molar-refractivity contribution in [1.82, 2.24) is 0 Å². The molecular weight excluding hydrogens is 206 g/mol. The number of rotatable bonds is 7. The summed E-state index contributed by atoms with van der Waals surface area (Å²) in [6.45, 7) is 12.3. The zero-order valence-electron chi connectivity index (χ0n) is 11.8. The van der Waals surface area contributed by atoms with E-state index in [4.69, 9.17) is 5.73 Å². The Morgan fingerprint density at radius 3 is 2.24 bits per heavy atom. The van der Waals surface area contributed by atoms with Gasteiger partial charge in [-0.25, -0.2) is 0 Å². The summed E-state index contributed by atoms with van der Waals surface area (Å²) in [7, 11) is 0. The van der Waals surface area contributed by atoms with Gasteiger partial charge >= 0.3 is 0 Å². The highest BCUT2D eigenvalue weighted by Gasteiger charge is 2.04. The fraction of sp³-hybridized carbons (Fsp3) is 0.500. The molecular formula is C16H27N. The molecule has 0 saturated carbocycles. The highest BCUT2D eigenvalue weighted by atomic mass is 14.5. The second-order valence-electron chi connectivity index (χ2n) is 4.54. The Hall–Kier alpha value is -1.24. The monoisotopic (exact) mass is 233 g/mol. The van der Waals surface area contributed by atoms with Gasteiger partial charge in [-0.2, -0.15) is 0 Å². The Morgan fingerprint density at radius 2 is 1.82 bits per heavy atom. The number of unbranched alkanes of at least 4 members (excludes halogenated alkanes) is 2. The number of allylic oxidation sites excluding steroid dienone is 7. The van der Waals surface area contributed by atoms with Crippen LogP contribution in [0.5, 0.6) is 0 Å². The summed E-state index contributed by atoms with van der Waals surface area (Å²) in [6.07, 6.45) is 11.1. The predicted octanol–water partition coefficient (Wildman–Crippen LogP) is 4.88. The third-order valence-electron chi connectivity index (χ3n) is 2.72. The maximum Gasteiger partial charge on any atom is 0.00490 e. The standard InChI is InChI=1S/C16H27N/c1-6-8-9-10-15(7-2)16(13(3)4)12-11-14(5)17/h7,11-12H,3,6,8-10,17H2,1-2,4-5H3/b14-11+,15-7-,16-12+. The van der Waals surface area contributed by atoms with Crippen LogP contribution in [0.3, 0.4) is 0 Å². The van der Waals surface area contributed by atoms with E-state index in [9.17, 15) is 0 Å². The Labute approximate surface area is 107 Å². The molecule has 0 aromatic rings. The van der Waals surface area contributed by atoms with Crippen molar-refractivity contribution in [2.24, 2.45) is 5.73 Å². The molecule has 0 spiro atoms. The van der Waals surface area contributed by atoms with Gasteiger partial charge in [0, 0.05) is 5.70 Å². The third-order valence-corrected chi connectivity index (χ3v) is 2.72. The summed E-state index contributed by atoms with van der Waals surface area (Å²) >= 11 is 0. The van der Waals surface area contributed by atoms with Crippen LogP contribution in [0.1, 0.15) is 53.4 Å². The largest absolute Gasteiger partial charge is 0.402 e. The Kier molecular flexibility index (Phi) is 8.21. The van der Waals surface area contributed by atoms with E-state index in [1.807, 2.05) is 13.0 Å². The van der Waals surface area contributed by atoms with E-state index in [2.05, 4.69) is 39.5 Å². The number of hydrogen-bond acceptors (Lipinski definition) is 1. The molecule has 0 aromatic heterocycles. The van der Waals surface area contributed by atoms with Crippen LogP contribution in [-0.4, -0.2) is 0 Å². The summed E-state index contributed by atoms with van der Waals surface area (Å²) < 4.78 is 0. The van der Waals surface area contributed by atoms with Crippen LogP contribution in [0, 0.1) is 0 Å². The molecule has 0 unspecified atom stereocenters. The first-order valence-corrected chi connectivity index (χ1v) is 6.48. The zero-order chi connectivity index (χ0) is 13.3. The van der Waals surface area contributed by atoms with Crippen LogP contribution in [0.15, 0.2) is 47.2 Å². The van der Waals surface area contributed by atoms with Gasteiger partial charge in [-0.05, 0) is 50.8 Å². The molecule has 0 aliphatic rings. The van der Waals surface area contributed by atoms with E-state index < -0.39 is 0 Å². The van der Waals surface area contributed by atoms with Crippen LogP contribution in [0.2, 0.25) is 0 Å². The quantitative estimate of drug-likeness (QED) is 0.492. The minimum Gasteiger partial charge on any atom is -0.402 e. The fourth-order valence-corrected chi connectivity index (χ4v) is 1.74. The second kappa shape index (κ2) is 8.86. The normalized spacial score (nSPS) is 14.0. The molecule has 96 valence electrons. The van der Waals surface area contributed by atoms with Crippen LogP contribution < -0.4 is 5.73 Å². The molecule has 2 N–H and O–H groups in total. The highest BCUT2D eigenvalue weighted by Crippen LogP contribution is 2.23. The number of hydrogen-bond donors (Lipinski definition) is 1. The average Bonchev–Trinajstić information content (AvgIpc) is 2.26. The summed E-state index contributed by atoms with van der Waals surface area (Å²) in [5.74, 6) is 0. The van der Waals surface area contributed by atoms with Gasteiger partial charge in [0.2, 0.25) is 0 Å². The van der Waals surface area contributed by atoms with Crippen molar-refractivity contribution in [1.29, 1.82) is 0 Å². The van der Waals surface area contributed by atoms with Crippen molar-refractivity contribution in [3.05, 3.63) is 47.2 Å². The Morgan fingerprint density at radius 1 is 1.18 bits per heavy atom. The van der Waals surface area contributed by atoms with Crippen molar-refractivity contribution < 1.29 is 0 Å². The molecule has 0 atom stereocenters. The smallest absolute Gasteiger partial charge is 0.00490 e. The lowest BCUT2D eigenvalue weighted by Gasteiger charge is -2.11. The Balaban J connectivity index is 4.84. The molecule has 0 bridgehead atoms. The van der Waals surface area contributed by atoms with E-state index in [1.54, 1.807) is 0 Å². The van der Waals surface area contributed by atoms with E-state index in [0.29, 0.717) is 0 Å². The van der Waals surface area contributed by atoms with Crippen molar-refractivity contribution >= 4 is 0 Å². The van der Waals surface area contributed by atoms with Crippen molar-refractivity contribution in [2.45, 2.75) is 53.4 Å². The molecule has 0 fully saturated rings. The van der Waals surface area contributed by atoms with Crippen LogP contribution in [0.4, 0.5) is 0 Å². The van der Waals surface area contributed by atoms with Gasteiger partial charge in [0.1, 0.15) is 0 Å². The molecule has 0 aromatic carbocycles. The summed E-state index contributed by atoms with van der Waals surface area (Å²) in [6, 6.07) is 0. The Bertz CT molecular complexity index is 325. The molecule has 1 nitrogen and oxygen atoms in total. The van der Waals surface area contributed by atoms with Gasteiger partial charge < -0.3 is 5.73 Å². The first-order valence-electron chi connectivity index (χ1n) is 6.48. The summed E-state index contributed by atoms with van der Waals surface area (Å²) in [5.41, 5.74) is 10.2. The predicted molar refractivity (Wildman–Crippen MR) is 78.7 cm³/mol. The maximum absolute atomic E-state index is 5.67. The molecule has 0 radical (unpaired) electrons. The molecule has 0 rings (SSSR count). The average molecular weight is 233 g/mol. The van der Waals surface area contributed by atoms with Crippen LogP contribution >= 0.6 is 0 Å². The van der Waals surface area contributed by atoms with Crippen molar-refractivity contribution in [3.63, 3.8) is 0 Å². The lowest BCUT2D eigenvalue weighted by Crippen LogP contribution is -1.94. The topological polar surface area (TPSA) is 26.0 Å². The van der Waals surface area contributed by atoms with Crippen LogP contribution in [-0.2, 0) is 0 Å². The van der Waals surface area contributed by atoms with Gasteiger partial charge in [0.25, 0.3) is 0 Å².